The molecule has 2 atom stereocenters. The molecule has 3 rings (SSSR count). The number of aryl methyl sites for hydroxylation is 3. The van der Waals surface area contributed by atoms with Crippen LogP contribution in [0.25, 0.3) is 0 Å². The zero-order chi connectivity index (χ0) is 17.1. The summed E-state index contributed by atoms with van der Waals surface area (Å²) in [5, 5.41) is 3.89. The molecule has 0 aromatic heterocycles. The summed E-state index contributed by atoms with van der Waals surface area (Å²) >= 11 is 0. The third-order valence-electron chi connectivity index (χ3n) is 5.96. The van der Waals surface area contributed by atoms with Crippen molar-refractivity contribution in [3.63, 3.8) is 0 Å². The molecule has 2 heterocycles. The van der Waals surface area contributed by atoms with Crippen LogP contribution in [-0.4, -0.2) is 43.8 Å². The molecule has 3 nitrogen and oxygen atoms in total. The van der Waals surface area contributed by atoms with Crippen LogP contribution in [0.5, 0.6) is 0 Å². The van der Waals surface area contributed by atoms with Gasteiger partial charge in [-0.1, -0.05) is 12.1 Å². The summed E-state index contributed by atoms with van der Waals surface area (Å²) in [5.74, 6) is 0.770. The second-order valence-corrected chi connectivity index (χ2v) is 7.99. The zero-order valence-corrected chi connectivity index (χ0v) is 15.9. The van der Waals surface area contributed by atoms with E-state index in [2.05, 4.69) is 50.0 Å². The van der Waals surface area contributed by atoms with E-state index in [1.807, 2.05) is 0 Å². The van der Waals surface area contributed by atoms with Gasteiger partial charge in [-0.25, -0.2) is 0 Å². The highest BCUT2D eigenvalue weighted by atomic mass is 16.5. The van der Waals surface area contributed by atoms with Crippen LogP contribution in [0.3, 0.4) is 0 Å². The van der Waals surface area contributed by atoms with Gasteiger partial charge in [0.05, 0.1) is 6.61 Å². The molecule has 2 aliphatic heterocycles. The minimum absolute atomic E-state index is 0.434. The first-order valence-electron chi connectivity index (χ1n) is 9.67. The van der Waals surface area contributed by atoms with Gasteiger partial charge in [0.25, 0.3) is 0 Å². The first-order chi connectivity index (χ1) is 11.5. The van der Waals surface area contributed by atoms with Crippen LogP contribution in [0.1, 0.15) is 54.5 Å². The van der Waals surface area contributed by atoms with Gasteiger partial charge >= 0.3 is 0 Å². The second-order valence-electron chi connectivity index (χ2n) is 7.99. The van der Waals surface area contributed by atoms with E-state index in [1.165, 1.54) is 61.2 Å². The Labute approximate surface area is 147 Å². The van der Waals surface area contributed by atoms with E-state index in [1.54, 1.807) is 0 Å². The lowest BCUT2D eigenvalue weighted by atomic mass is 9.95. The molecule has 1 aromatic rings. The molecule has 2 aliphatic rings. The second kappa shape index (κ2) is 7.99. The molecule has 2 saturated heterocycles. The topological polar surface area (TPSA) is 24.5 Å². The summed E-state index contributed by atoms with van der Waals surface area (Å²) in [4.78, 5) is 2.64. The Morgan fingerprint density at radius 3 is 2.46 bits per heavy atom. The molecule has 2 fully saturated rings. The molecule has 0 radical (unpaired) electrons. The van der Waals surface area contributed by atoms with Gasteiger partial charge in [0.1, 0.15) is 0 Å². The highest BCUT2D eigenvalue weighted by molar-refractivity contribution is 5.38. The van der Waals surface area contributed by atoms with E-state index in [-0.39, 0.29) is 0 Å². The molecule has 1 aromatic carbocycles. The first kappa shape index (κ1) is 17.9. The molecule has 0 bridgehead atoms. The fourth-order valence-corrected chi connectivity index (χ4v) is 4.27. The quantitative estimate of drug-likeness (QED) is 0.889. The number of hydrogen-bond donors (Lipinski definition) is 1. The van der Waals surface area contributed by atoms with Crippen LogP contribution in [0.15, 0.2) is 12.1 Å². The number of benzene rings is 1. The standard InChI is InChI=1S/C21H34N2O/c1-15-11-17(3)21(12-16(15)2)18(4)22-20-5-8-23(9-6-20)13-19-7-10-24-14-19/h11-12,18-20,22H,5-10,13-14H2,1-4H3/t18-,19+/m0/s1. The van der Waals surface area contributed by atoms with Crippen molar-refractivity contribution in [2.75, 3.05) is 32.8 Å². The summed E-state index contributed by atoms with van der Waals surface area (Å²) in [5.41, 5.74) is 5.67. The Bertz CT molecular complexity index is 543. The van der Waals surface area contributed by atoms with Gasteiger partial charge < -0.3 is 15.0 Å². The first-order valence-corrected chi connectivity index (χ1v) is 9.67. The van der Waals surface area contributed by atoms with Crippen LogP contribution < -0.4 is 5.32 Å². The Morgan fingerprint density at radius 2 is 1.79 bits per heavy atom. The molecule has 3 heteroatoms. The number of likely N-dealkylation sites (tertiary alicyclic amines) is 1. The summed E-state index contributed by atoms with van der Waals surface area (Å²) in [6.45, 7) is 14.6. The number of nitrogens with one attached hydrogen (secondary N) is 1. The molecule has 0 saturated carbocycles. The lowest BCUT2D eigenvalue weighted by Crippen LogP contribution is -2.44. The number of hydrogen-bond acceptors (Lipinski definition) is 3. The summed E-state index contributed by atoms with van der Waals surface area (Å²) in [7, 11) is 0. The molecule has 24 heavy (non-hydrogen) atoms. The molecule has 0 unspecified atom stereocenters. The van der Waals surface area contributed by atoms with Crippen LogP contribution in [0.2, 0.25) is 0 Å². The molecular formula is C21H34N2O. The van der Waals surface area contributed by atoms with Crippen molar-refractivity contribution in [3.8, 4) is 0 Å². The molecule has 0 amide bonds. The van der Waals surface area contributed by atoms with Crippen LogP contribution in [0, 0.1) is 26.7 Å². The molecule has 0 aliphatic carbocycles. The molecule has 134 valence electrons. The predicted molar refractivity (Wildman–Crippen MR) is 101 cm³/mol. The molecule has 0 spiro atoms. The maximum atomic E-state index is 5.51. The van der Waals surface area contributed by atoms with Crippen molar-refractivity contribution in [2.45, 2.75) is 59.0 Å². The van der Waals surface area contributed by atoms with E-state index in [4.69, 9.17) is 4.74 Å². The van der Waals surface area contributed by atoms with Gasteiger partial charge in [-0.2, -0.15) is 0 Å². The Morgan fingerprint density at radius 1 is 1.08 bits per heavy atom. The van der Waals surface area contributed by atoms with Gasteiger partial charge in [-0.3, -0.25) is 0 Å². The average molecular weight is 331 g/mol. The largest absolute Gasteiger partial charge is 0.381 e. The van der Waals surface area contributed by atoms with Crippen molar-refractivity contribution in [2.24, 2.45) is 5.92 Å². The smallest absolute Gasteiger partial charge is 0.0507 e. The fraction of sp³-hybridized carbons (Fsp3) is 0.714. The van der Waals surface area contributed by atoms with Crippen LogP contribution in [0.4, 0.5) is 0 Å². The zero-order valence-electron chi connectivity index (χ0n) is 15.9. The SMILES string of the molecule is Cc1cc(C)c([C@H](C)NC2CCN(C[C@H]3CCOC3)CC2)cc1C. The van der Waals surface area contributed by atoms with Gasteiger partial charge in [-0.05, 0) is 88.2 Å². The van der Waals surface area contributed by atoms with Crippen molar-refractivity contribution in [1.82, 2.24) is 10.2 Å². The van der Waals surface area contributed by atoms with Gasteiger partial charge in [0, 0.05) is 25.2 Å². The number of piperidine rings is 1. The van der Waals surface area contributed by atoms with Crippen molar-refractivity contribution >= 4 is 0 Å². The van der Waals surface area contributed by atoms with Crippen molar-refractivity contribution in [3.05, 3.63) is 34.4 Å². The third-order valence-corrected chi connectivity index (χ3v) is 5.96. The maximum absolute atomic E-state index is 5.51. The summed E-state index contributed by atoms with van der Waals surface area (Å²) in [6, 6.07) is 5.79. The Hall–Kier alpha value is -0.900. The van der Waals surface area contributed by atoms with Gasteiger partial charge in [0.2, 0.25) is 0 Å². The normalized spacial score (nSPS) is 24.4. The lowest BCUT2D eigenvalue weighted by molar-refractivity contribution is 0.145. The summed E-state index contributed by atoms with van der Waals surface area (Å²) < 4.78 is 5.51. The number of nitrogens with zero attached hydrogens (tertiary/aromatic N) is 1. The van der Waals surface area contributed by atoms with Crippen molar-refractivity contribution < 1.29 is 4.74 Å². The van der Waals surface area contributed by atoms with E-state index < -0.39 is 0 Å². The minimum Gasteiger partial charge on any atom is -0.381 e. The van der Waals surface area contributed by atoms with Gasteiger partial charge in [0.15, 0.2) is 0 Å². The Kier molecular flexibility index (Phi) is 5.96. The highest BCUT2D eigenvalue weighted by Crippen LogP contribution is 2.24. The fourth-order valence-electron chi connectivity index (χ4n) is 4.27. The van der Waals surface area contributed by atoms with Crippen molar-refractivity contribution in [1.29, 1.82) is 0 Å². The number of rotatable bonds is 5. The van der Waals surface area contributed by atoms with E-state index in [0.29, 0.717) is 12.1 Å². The number of ether oxygens (including phenoxy) is 1. The van der Waals surface area contributed by atoms with Crippen LogP contribution >= 0.6 is 0 Å². The highest BCUT2D eigenvalue weighted by Gasteiger charge is 2.24. The third kappa shape index (κ3) is 4.38. The van der Waals surface area contributed by atoms with Crippen LogP contribution in [-0.2, 0) is 4.74 Å². The predicted octanol–water partition coefficient (Wildman–Crippen LogP) is 3.76. The summed E-state index contributed by atoms with van der Waals surface area (Å²) in [6.07, 6.45) is 3.78. The minimum atomic E-state index is 0.434. The molecular weight excluding hydrogens is 296 g/mol. The molecule has 1 N–H and O–H groups in total. The van der Waals surface area contributed by atoms with E-state index in [0.717, 1.165) is 19.1 Å². The maximum Gasteiger partial charge on any atom is 0.0507 e. The Balaban J connectivity index is 1.49. The lowest BCUT2D eigenvalue weighted by Gasteiger charge is -2.35. The van der Waals surface area contributed by atoms with E-state index >= 15 is 0 Å². The monoisotopic (exact) mass is 330 g/mol. The van der Waals surface area contributed by atoms with E-state index in [9.17, 15) is 0 Å². The van der Waals surface area contributed by atoms with Gasteiger partial charge in [-0.15, -0.1) is 0 Å². The average Bonchev–Trinajstić information content (AvgIpc) is 3.05.